The average molecular weight is 347 g/mol. The van der Waals surface area contributed by atoms with Gasteiger partial charge in [-0.2, -0.15) is 0 Å². The molecule has 0 saturated carbocycles. The van der Waals surface area contributed by atoms with E-state index in [1.54, 1.807) is 13.2 Å². The molecule has 2 N–H and O–H groups in total. The number of nitrogens with zero attached hydrogens (tertiary/aromatic N) is 1. The van der Waals surface area contributed by atoms with Crippen LogP contribution in [0.15, 0.2) is 54.7 Å². The lowest BCUT2D eigenvalue weighted by atomic mass is 9.93. The summed E-state index contributed by atoms with van der Waals surface area (Å²) in [6.45, 7) is 0.816. The van der Waals surface area contributed by atoms with Crippen LogP contribution < -0.4 is 5.32 Å². The zero-order valence-electron chi connectivity index (χ0n) is 14.7. The van der Waals surface area contributed by atoms with E-state index in [9.17, 15) is 9.59 Å². The molecule has 4 rings (SSSR count). The van der Waals surface area contributed by atoms with Crippen LogP contribution in [0.1, 0.15) is 21.5 Å². The van der Waals surface area contributed by atoms with E-state index in [0.717, 1.165) is 10.9 Å². The van der Waals surface area contributed by atoms with Gasteiger partial charge in [0.1, 0.15) is 0 Å². The Kier molecular flexibility index (Phi) is 4.31. The maximum Gasteiger partial charge on any atom is 0.237 e. The number of nitrogens with one attached hydrogen (secondary N) is 2. The smallest absolute Gasteiger partial charge is 0.237 e. The first-order chi connectivity index (χ1) is 12.7. The number of benzene rings is 2. The number of ketones is 1. The zero-order valence-corrected chi connectivity index (χ0v) is 14.7. The number of aromatic nitrogens is 1. The van der Waals surface area contributed by atoms with Gasteiger partial charge in [-0.15, -0.1) is 0 Å². The number of likely N-dealkylation sites (N-methyl/N-ethyl adjacent to an activating group) is 1. The summed E-state index contributed by atoms with van der Waals surface area (Å²) in [5.74, 6) is -0.0260. The molecule has 0 radical (unpaired) electrons. The summed E-state index contributed by atoms with van der Waals surface area (Å²) in [7, 11) is 1.64. The fourth-order valence-corrected chi connectivity index (χ4v) is 3.74. The van der Waals surface area contributed by atoms with E-state index in [0.29, 0.717) is 18.5 Å². The molecule has 132 valence electrons. The fourth-order valence-electron chi connectivity index (χ4n) is 3.74. The number of amides is 1. The lowest BCUT2D eigenvalue weighted by Gasteiger charge is -2.35. The van der Waals surface area contributed by atoms with Gasteiger partial charge in [0, 0.05) is 36.3 Å². The van der Waals surface area contributed by atoms with E-state index in [4.69, 9.17) is 0 Å². The molecule has 26 heavy (non-hydrogen) atoms. The van der Waals surface area contributed by atoms with Gasteiger partial charge in [0.05, 0.1) is 12.6 Å². The van der Waals surface area contributed by atoms with Crippen molar-refractivity contribution in [3.63, 3.8) is 0 Å². The normalized spacial score (nSPS) is 17.0. The summed E-state index contributed by atoms with van der Waals surface area (Å²) in [6, 6.07) is 15.6. The van der Waals surface area contributed by atoms with Gasteiger partial charge in [-0.1, -0.05) is 42.5 Å². The minimum atomic E-state index is -0.330. The van der Waals surface area contributed by atoms with Crippen LogP contribution in [0.4, 0.5) is 0 Å². The molecule has 0 aliphatic carbocycles. The molecule has 1 unspecified atom stereocenters. The van der Waals surface area contributed by atoms with Crippen LogP contribution in [0.25, 0.3) is 10.9 Å². The first kappa shape index (κ1) is 16.5. The molecule has 5 nitrogen and oxygen atoms in total. The van der Waals surface area contributed by atoms with Crippen LogP contribution in [0.5, 0.6) is 0 Å². The first-order valence-electron chi connectivity index (χ1n) is 8.79. The van der Waals surface area contributed by atoms with Gasteiger partial charge in [-0.25, -0.2) is 0 Å². The van der Waals surface area contributed by atoms with Crippen molar-refractivity contribution in [1.82, 2.24) is 15.2 Å². The highest BCUT2D eigenvalue weighted by Gasteiger charge is 2.32. The molecule has 0 saturated heterocycles. The highest BCUT2D eigenvalue weighted by molar-refractivity contribution is 6.08. The van der Waals surface area contributed by atoms with Gasteiger partial charge in [-0.05, 0) is 23.6 Å². The Morgan fingerprint density at radius 3 is 2.65 bits per heavy atom. The number of rotatable bonds is 4. The largest absolute Gasteiger partial charge is 0.360 e. The second-order valence-corrected chi connectivity index (χ2v) is 6.68. The summed E-state index contributed by atoms with van der Waals surface area (Å²) >= 11 is 0. The van der Waals surface area contributed by atoms with Crippen molar-refractivity contribution in [3.05, 3.63) is 71.4 Å². The number of Topliss-reactive ketones (excluding diaryl/α,β-unsaturated/α-hetero) is 1. The van der Waals surface area contributed by atoms with Crippen LogP contribution in [-0.2, 0) is 17.8 Å². The molecule has 1 atom stereocenters. The summed E-state index contributed by atoms with van der Waals surface area (Å²) in [4.78, 5) is 30.5. The van der Waals surface area contributed by atoms with E-state index in [1.807, 2.05) is 41.3 Å². The minimum Gasteiger partial charge on any atom is -0.360 e. The van der Waals surface area contributed by atoms with Crippen molar-refractivity contribution in [2.75, 3.05) is 13.6 Å². The monoisotopic (exact) mass is 347 g/mol. The molecule has 0 bridgehead atoms. The highest BCUT2D eigenvalue weighted by Crippen LogP contribution is 2.25. The number of hydrogen-bond donors (Lipinski definition) is 2. The summed E-state index contributed by atoms with van der Waals surface area (Å²) in [5, 5.41) is 3.66. The van der Waals surface area contributed by atoms with Crippen LogP contribution in [0, 0.1) is 0 Å². The van der Waals surface area contributed by atoms with Crippen LogP contribution >= 0.6 is 0 Å². The molecular formula is C21H21N3O2. The number of carbonyl (C=O) groups is 2. The zero-order chi connectivity index (χ0) is 18.1. The van der Waals surface area contributed by atoms with Crippen molar-refractivity contribution < 1.29 is 9.59 Å². The molecule has 1 aliphatic rings. The SMILES string of the molecule is CNC(=O)C1Cc2ccccc2CN1CC(=O)c1c[nH]c2ccccc12. The molecule has 0 fully saturated rings. The molecular weight excluding hydrogens is 326 g/mol. The highest BCUT2D eigenvalue weighted by atomic mass is 16.2. The Bertz CT molecular complexity index is 976. The summed E-state index contributed by atoms with van der Waals surface area (Å²) in [5.41, 5.74) is 3.98. The average Bonchev–Trinajstić information content (AvgIpc) is 3.11. The number of carbonyl (C=O) groups excluding carboxylic acids is 2. The summed E-state index contributed by atoms with van der Waals surface area (Å²) < 4.78 is 0. The Balaban J connectivity index is 1.62. The molecule has 1 amide bonds. The Labute approximate surface area is 152 Å². The summed E-state index contributed by atoms with van der Waals surface area (Å²) in [6.07, 6.45) is 2.39. The van der Waals surface area contributed by atoms with Gasteiger partial charge in [0.2, 0.25) is 5.91 Å². The first-order valence-corrected chi connectivity index (χ1v) is 8.79. The van der Waals surface area contributed by atoms with Gasteiger partial charge in [0.15, 0.2) is 5.78 Å². The van der Waals surface area contributed by atoms with E-state index < -0.39 is 0 Å². The number of hydrogen-bond acceptors (Lipinski definition) is 3. The van der Waals surface area contributed by atoms with Crippen molar-refractivity contribution in [2.24, 2.45) is 0 Å². The maximum atomic E-state index is 13.0. The molecule has 1 aromatic heterocycles. The van der Waals surface area contributed by atoms with Crippen molar-refractivity contribution in [3.8, 4) is 0 Å². The van der Waals surface area contributed by atoms with E-state index >= 15 is 0 Å². The van der Waals surface area contributed by atoms with E-state index in [2.05, 4.69) is 22.4 Å². The van der Waals surface area contributed by atoms with Crippen molar-refractivity contribution >= 4 is 22.6 Å². The van der Waals surface area contributed by atoms with Crippen LogP contribution in [0.3, 0.4) is 0 Å². The predicted octanol–water partition coefficient (Wildman–Crippen LogP) is 2.52. The van der Waals surface area contributed by atoms with E-state index in [1.165, 1.54) is 11.1 Å². The Hall–Kier alpha value is -2.92. The van der Waals surface area contributed by atoms with Crippen LogP contribution in [0.2, 0.25) is 0 Å². The molecule has 3 aromatic rings. The molecule has 2 aromatic carbocycles. The number of fused-ring (bicyclic) bond motifs is 2. The van der Waals surface area contributed by atoms with Gasteiger partial charge < -0.3 is 10.3 Å². The third-order valence-electron chi connectivity index (χ3n) is 5.13. The Morgan fingerprint density at radius 1 is 1.12 bits per heavy atom. The topological polar surface area (TPSA) is 65.2 Å². The fraction of sp³-hybridized carbons (Fsp3) is 0.238. The number of H-pyrrole nitrogens is 1. The maximum absolute atomic E-state index is 13.0. The Morgan fingerprint density at radius 2 is 1.85 bits per heavy atom. The van der Waals surface area contributed by atoms with E-state index in [-0.39, 0.29) is 24.3 Å². The number of aromatic amines is 1. The second-order valence-electron chi connectivity index (χ2n) is 6.68. The minimum absolute atomic E-state index is 0.0238. The molecule has 2 heterocycles. The van der Waals surface area contributed by atoms with Crippen LogP contribution in [-0.4, -0.2) is 41.2 Å². The molecule has 0 spiro atoms. The lowest BCUT2D eigenvalue weighted by molar-refractivity contribution is -0.126. The lowest BCUT2D eigenvalue weighted by Crippen LogP contribution is -2.51. The standard InChI is InChI=1S/C21H21N3O2/c1-22-21(26)19-10-14-6-2-3-7-15(14)12-24(19)13-20(25)17-11-23-18-9-5-4-8-16(17)18/h2-9,11,19,23H,10,12-13H2,1H3,(H,22,26). The second kappa shape index (κ2) is 6.77. The van der Waals surface area contributed by atoms with Gasteiger partial charge >= 0.3 is 0 Å². The quantitative estimate of drug-likeness (QED) is 0.713. The third-order valence-corrected chi connectivity index (χ3v) is 5.13. The van der Waals surface area contributed by atoms with Gasteiger partial charge in [-0.3, -0.25) is 14.5 Å². The van der Waals surface area contributed by atoms with Gasteiger partial charge in [0.25, 0.3) is 0 Å². The van der Waals surface area contributed by atoms with Crippen molar-refractivity contribution in [1.29, 1.82) is 0 Å². The number of para-hydroxylation sites is 1. The molecule has 1 aliphatic heterocycles. The molecule has 5 heteroatoms. The third kappa shape index (κ3) is 2.91. The predicted molar refractivity (Wildman–Crippen MR) is 101 cm³/mol. The van der Waals surface area contributed by atoms with Crippen molar-refractivity contribution in [2.45, 2.75) is 19.0 Å².